The van der Waals surface area contributed by atoms with Crippen molar-refractivity contribution in [3.8, 4) is 55.9 Å². The Balaban J connectivity index is 1.02. The zero-order valence-electron chi connectivity index (χ0n) is 47.5. The van der Waals surface area contributed by atoms with Crippen LogP contribution in [0.25, 0.3) is 186 Å². The van der Waals surface area contributed by atoms with Crippen LogP contribution >= 0.6 is 0 Å². The van der Waals surface area contributed by atoms with Crippen molar-refractivity contribution in [2.24, 2.45) is 0 Å². The van der Waals surface area contributed by atoms with Crippen LogP contribution < -0.4 is 16.4 Å². The number of hydrogen-bond acceptors (Lipinski definition) is 1. The summed E-state index contributed by atoms with van der Waals surface area (Å²) in [6.07, 6.45) is 0. The second kappa shape index (κ2) is 17.1. The Morgan fingerprint density at radius 2 is 0.739 bits per heavy atom. The van der Waals surface area contributed by atoms with Gasteiger partial charge in [0, 0.05) is 60.0 Å². The minimum Gasteiger partial charge on any atom is -0.456 e. The number of aromatic nitrogens is 2. The van der Waals surface area contributed by atoms with Crippen LogP contribution in [-0.4, -0.2) is 15.8 Å². The third-order valence-corrected chi connectivity index (χ3v) is 20.2. The van der Waals surface area contributed by atoms with Crippen molar-refractivity contribution in [3.05, 3.63) is 285 Å². The predicted molar refractivity (Wildman–Crippen MR) is 374 cm³/mol. The van der Waals surface area contributed by atoms with Gasteiger partial charge < -0.3 is 13.6 Å². The molecular formula is C84H47BN2O. The first-order chi connectivity index (χ1) is 43.7. The summed E-state index contributed by atoms with van der Waals surface area (Å²) in [5.74, 6) is 0. The number of fused-ring (bicyclic) bond motifs is 27. The zero-order valence-corrected chi connectivity index (χ0v) is 47.5. The summed E-state index contributed by atoms with van der Waals surface area (Å²) in [4.78, 5) is 0. The number of rotatable bonds is 4. The van der Waals surface area contributed by atoms with Crippen molar-refractivity contribution in [1.82, 2.24) is 9.13 Å². The largest absolute Gasteiger partial charge is 0.456 e. The van der Waals surface area contributed by atoms with Crippen molar-refractivity contribution in [1.29, 1.82) is 0 Å². The molecule has 2 aliphatic rings. The number of hydrogen-bond donors (Lipinski definition) is 0. The topological polar surface area (TPSA) is 23.0 Å². The van der Waals surface area contributed by atoms with E-state index in [9.17, 15) is 0 Å². The lowest BCUT2D eigenvalue weighted by Crippen LogP contribution is -2.59. The molecule has 0 bridgehead atoms. The molecule has 0 saturated heterocycles. The smallest absolute Gasteiger partial charge is 0.252 e. The maximum Gasteiger partial charge on any atom is 0.252 e. The molecule has 0 saturated carbocycles. The molecule has 0 aliphatic carbocycles. The molecule has 3 nitrogen and oxygen atoms in total. The Kier molecular flexibility index (Phi) is 9.12. The first-order valence-corrected chi connectivity index (χ1v) is 30.7. The van der Waals surface area contributed by atoms with Crippen LogP contribution in [0, 0.1) is 0 Å². The van der Waals surface area contributed by atoms with Gasteiger partial charge >= 0.3 is 0 Å². The molecule has 2 aliphatic heterocycles. The van der Waals surface area contributed by atoms with E-state index in [1.54, 1.807) is 0 Å². The van der Waals surface area contributed by atoms with Gasteiger partial charge in [-0.05, 0) is 163 Å². The lowest BCUT2D eigenvalue weighted by Gasteiger charge is -2.35. The molecular weight excluding hydrogens is 1060 g/mol. The molecule has 88 heavy (non-hydrogen) atoms. The molecule has 3 aromatic heterocycles. The van der Waals surface area contributed by atoms with Gasteiger partial charge in [-0.15, -0.1) is 0 Å². The second-order valence-corrected chi connectivity index (χ2v) is 24.5. The van der Waals surface area contributed by atoms with E-state index in [2.05, 4.69) is 294 Å². The van der Waals surface area contributed by atoms with Crippen molar-refractivity contribution >= 4 is 153 Å². The van der Waals surface area contributed by atoms with Crippen molar-refractivity contribution < 1.29 is 4.42 Å². The van der Waals surface area contributed by atoms with Crippen LogP contribution in [0.2, 0.25) is 0 Å². The minimum absolute atomic E-state index is 0.135. The number of benzene rings is 16. The number of para-hydroxylation sites is 2. The molecule has 0 spiro atoms. The Labute approximate surface area is 504 Å². The van der Waals surface area contributed by atoms with Gasteiger partial charge in [0.2, 0.25) is 0 Å². The molecule has 0 atom stereocenters. The van der Waals surface area contributed by atoms with Crippen molar-refractivity contribution in [2.45, 2.75) is 0 Å². The van der Waals surface area contributed by atoms with Crippen molar-refractivity contribution in [2.75, 3.05) is 0 Å². The number of nitrogens with zero attached hydrogens (tertiary/aromatic N) is 2. The Bertz CT molecular complexity index is 6250. The fraction of sp³-hybridized carbons (Fsp3) is 0. The van der Waals surface area contributed by atoms with Gasteiger partial charge in [0.1, 0.15) is 11.2 Å². The third kappa shape index (κ3) is 6.03. The summed E-state index contributed by atoms with van der Waals surface area (Å²) in [6, 6.07) is 108. The highest BCUT2D eigenvalue weighted by atomic mass is 16.3. The molecule has 0 radical (unpaired) electrons. The van der Waals surface area contributed by atoms with E-state index in [-0.39, 0.29) is 6.71 Å². The lowest BCUT2D eigenvalue weighted by atomic mass is 9.34. The summed E-state index contributed by atoms with van der Waals surface area (Å²) < 4.78 is 12.1. The summed E-state index contributed by atoms with van der Waals surface area (Å²) in [6.45, 7) is -0.135. The van der Waals surface area contributed by atoms with Crippen LogP contribution in [0.1, 0.15) is 0 Å². The molecule has 402 valence electrons. The van der Waals surface area contributed by atoms with Gasteiger partial charge in [-0.2, -0.15) is 0 Å². The molecule has 16 aromatic carbocycles. The van der Waals surface area contributed by atoms with E-state index in [4.69, 9.17) is 4.42 Å². The fourth-order valence-corrected chi connectivity index (χ4v) is 16.7. The highest BCUT2D eigenvalue weighted by Crippen LogP contribution is 2.52. The molecule has 5 heterocycles. The summed E-state index contributed by atoms with van der Waals surface area (Å²) in [7, 11) is 0. The minimum atomic E-state index is -0.135. The van der Waals surface area contributed by atoms with E-state index >= 15 is 0 Å². The van der Waals surface area contributed by atoms with E-state index in [1.807, 2.05) is 0 Å². The second-order valence-electron chi connectivity index (χ2n) is 24.5. The van der Waals surface area contributed by atoms with E-state index < -0.39 is 0 Å². The first-order valence-electron chi connectivity index (χ1n) is 30.7. The molecule has 0 fully saturated rings. The molecule has 0 amide bonds. The van der Waals surface area contributed by atoms with E-state index in [0.29, 0.717) is 0 Å². The standard InChI is InChI=1S/C84H47BN2O/c1-4-21-48(22-5-1)51-41-64(49-23-6-2-7-24-49)77(65(42-51)50-25-8-3-9-26-50)52-43-73-82-74(44-52)87-72-46-67-59-33-18-19-38-75(59)88-76(67)47-66(72)63-36-20-37-69(83(63)87)85(82)70-45-68-58-32-13-11-28-54(58)56-30-15-17-35-61(56)79(68)81-80-71(86(73)84(70)81)40-39-62-57-31-12-10-27-53(57)55-29-14-16-34-60(55)78(62)80/h1-47H. The molecule has 0 unspecified atom stereocenters. The Morgan fingerprint density at radius 1 is 0.250 bits per heavy atom. The van der Waals surface area contributed by atoms with Crippen molar-refractivity contribution in [3.63, 3.8) is 0 Å². The van der Waals surface area contributed by atoms with Gasteiger partial charge in [-0.3, -0.25) is 0 Å². The zero-order chi connectivity index (χ0) is 57.0. The maximum atomic E-state index is 6.75. The Morgan fingerprint density at radius 3 is 1.35 bits per heavy atom. The molecule has 4 heteroatoms. The SMILES string of the molecule is c1ccc(-c2cc(-c3ccccc3)c(-c3cc4c5c(c3)-n3c6ccc7c8ccccc8c8ccccc8c7c6c6c7c8ccccc8c8ccccc8c7cc(c63)B5c3cccc5c6cc7oc8ccccc8c7cc6n-4c35)c(-c3ccccc3)c2)cc1. The maximum absolute atomic E-state index is 6.75. The summed E-state index contributed by atoms with van der Waals surface area (Å²) in [5, 5.41) is 22.5. The number of furan rings is 1. The van der Waals surface area contributed by atoms with Gasteiger partial charge in [0.15, 0.2) is 0 Å². The Hall–Kier alpha value is -11.5. The molecule has 19 aromatic rings. The van der Waals surface area contributed by atoms with Crippen LogP contribution in [0.5, 0.6) is 0 Å². The summed E-state index contributed by atoms with van der Waals surface area (Å²) >= 11 is 0. The fourth-order valence-electron chi connectivity index (χ4n) is 16.7. The normalized spacial score (nSPS) is 12.8. The quantitative estimate of drug-likeness (QED) is 0.127. The van der Waals surface area contributed by atoms with E-state index in [0.717, 1.165) is 27.5 Å². The first kappa shape index (κ1) is 46.9. The monoisotopic (exact) mass is 1110 g/mol. The molecule has 21 rings (SSSR count). The van der Waals surface area contributed by atoms with Crippen LogP contribution in [0.15, 0.2) is 290 Å². The van der Waals surface area contributed by atoms with Crippen LogP contribution in [-0.2, 0) is 0 Å². The van der Waals surface area contributed by atoms with Crippen LogP contribution in [0.4, 0.5) is 0 Å². The highest BCUT2D eigenvalue weighted by Gasteiger charge is 2.43. The van der Waals surface area contributed by atoms with E-state index in [1.165, 1.54) is 175 Å². The molecule has 0 N–H and O–H groups in total. The van der Waals surface area contributed by atoms with Crippen LogP contribution in [0.3, 0.4) is 0 Å². The van der Waals surface area contributed by atoms with Gasteiger partial charge in [-0.25, -0.2) is 0 Å². The third-order valence-electron chi connectivity index (χ3n) is 20.2. The average Bonchev–Trinajstić information content (AvgIpc) is 1.45. The summed E-state index contributed by atoms with van der Waals surface area (Å²) in [5.41, 5.74) is 22.4. The lowest BCUT2D eigenvalue weighted by molar-refractivity contribution is 0.669. The van der Waals surface area contributed by atoms with Gasteiger partial charge in [-0.1, -0.05) is 237 Å². The van der Waals surface area contributed by atoms with Gasteiger partial charge in [0.05, 0.1) is 16.6 Å². The predicted octanol–water partition coefficient (Wildman–Crippen LogP) is 20.5. The van der Waals surface area contributed by atoms with Gasteiger partial charge in [0.25, 0.3) is 6.71 Å². The average molecular weight is 1110 g/mol. The highest BCUT2D eigenvalue weighted by molar-refractivity contribution is 7.00.